The van der Waals surface area contributed by atoms with Gasteiger partial charge in [0.2, 0.25) is 11.8 Å². The van der Waals surface area contributed by atoms with Gasteiger partial charge in [-0.15, -0.1) is 0 Å². The Hall–Kier alpha value is -2.82. The Morgan fingerprint density at radius 2 is 1.66 bits per heavy atom. The highest BCUT2D eigenvalue weighted by molar-refractivity contribution is 5.98. The molecule has 1 aliphatic rings. The predicted molar refractivity (Wildman–Crippen MR) is 123 cm³/mol. The predicted octanol–water partition coefficient (Wildman–Crippen LogP) is 2.50. The molecule has 0 saturated carbocycles. The number of ether oxygens (including phenoxy) is 1. The third-order valence-electron chi connectivity index (χ3n) is 6.11. The van der Waals surface area contributed by atoms with Gasteiger partial charge in [0.05, 0.1) is 13.2 Å². The summed E-state index contributed by atoms with van der Waals surface area (Å²) in [5, 5.41) is 14.7. The number of alkyl halides is 3. The van der Waals surface area contributed by atoms with Crippen molar-refractivity contribution in [2.75, 3.05) is 13.7 Å². The second-order valence-electron chi connectivity index (χ2n) is 9.38. The minimum atomic E-state index is -4.90. The summed E-state index contributed by atoms with van der Waals surface area (Å²) in [6.07, 6.45) is -6.89. The van der Waals surface area contributed by atoms with Gasteiger partial charge >= 0.3 is 6.18 Å². The van der Waals surface area contributed by atoms with Gasteiger partial charge in [-0.25, -0.2) is 0 Å². The van der Waals surface area contributed by atoms with Crippen LogP contribution in [0.5, 0.6) is 5.75 Å². The molecule has 1 aliphatic heterocycles. The lowest BCUT2D eigenvalue weighted by Gasteiger charge is -2.33. The number of carbonyl (C=O) groups is 3. The molecule has 1 saturated heterocycles. The van der Waals surface area contributed by atoms with E-state index in [-0.39, 0.29) is 18.9 Å². The molecule has 2 unspecified atom stereocenters. The fourth-order valence-electron chi connectivity index (χ4n) is 4.04. The molecule has 1 fully saturated rings. The summed E-state index contributed by atoms with van der Waals surface area (Å²) in [6.45, 7) is 6.64. The van der Waals surface area contributed by atoms with Gasteiger partial charge in [0.25, 0.3) is 5.91 Å². The van der Waals surface area contributed by atoms with Crippen LogP contribution >= 0.6 is 0 Å². The number of nitrogens with zero attached hydrogens (tertiary/aromatic N) is 1. The first-order valence-corrected chi connectivity index (χ1v) is 11.6. The molecular formula is C24H34F3N3O5. The van der Waals surface area contributed by atoms with Crippen molar-refractivity contribution < 1.29 is 37.4 Å². The van der Waals surface area contributed by atoms with Crippen LogP contribution in [0, 0.1) is 11.8 Å². The third kappa shape index (κ3) is 7.09. The van der Waals surface area contributed by atoms with Gasteiger partial charge in [0, 0.05) is 12.1 Å². The lowest BCUT2D eigenvalue weighted by atomic mass is 9.97. The monoisotopic (exact) mass is 501 g/mol. The summed E-state index contributed by atoms with van der Waals surface area (Å²) in [5.41, 5.74) is 0.320. The molecule has 1 heterocycles. The summed E-state index contributed by atoms with van der Waals surface area (Å²) in [7, 11) is 1.50. The SMILES string of the molecule is COc1ccc(C(=O)NC(C(=O)N2CCCC2C(=O)N[C@@H](C(C)C)[C@@H](O)C(F)(F)F)C(C)C)cc1. The van der Waals surface area contributed by atoms with Gasteiger partial charge in [-0.05, 0) is 48.9 Å². The van der Waals surface area contributed by atoms with Gasteiger partial charge in [0.1, 0.15) is 17.8 Å². The summed E-state index contributed by atoms with van der Waals surface area (Å²) >= 11 is 0. The van der Waals surface area contributed by atoms with Gasteiger partial charge < -0.3 is 25.4 Å². The topological polar surface area (TPSA) is 108 Å². The van der Waals surface area contributed by atoms with E-state index in [0.29, 0.717) is 17.7 Å². The summed E-state index contributed by atoms with van der Waals surface area (Å²) in [6, 6.07) is 2.84. The van der Waals surface area contributed by atoms with Gasteiger partial charge in [0.15, 0.2) is 6.10 Å². The maximum atomic E-state index is 13.4. The number of methoxy groups -OCH3 is 1. The van der Waals surface area contributed by atoms with E-state index in [0.717, 1.165) is 0 Å². The molecule has 8 nitrogen and oxygen atoms in total. The Balaban J connectivity index is 2.16. The van der Waals surface area contributed by atoms with Crippen molar-refractivity contribution in [3.8, 4) is 5.75 Å². The number of aliphatic hydroxyl groups is 1. The van der Waals surface area contributed by atoms with E-state index in [1.165, 1.54) is 25.9 Å². The zero-order valence-corrected chi connectivity index (χ0v) is 20.6. The highest BCUT2D eigenvalue weighted by Crippen LogP contribution is 2.27. The molecule has 11 heteroatoms. The molecular weight excluding hydrogens is 467 g/mol. The van der Waals surface area contributed by atoms with Crippen molar-refractivity contribution in [2.45, 2.75) is 70.9 Å². The van der Waals surface area contributed by atoms with E-state index < -0.39 is 54.0 Å². The van der Waals surface area contributed by atoms with Crippen molar-refractivity contribution in [1.82, 2.24) is 15.5 Å². The molecule has 0 aromatic heterocycles. The quantitative estimate of drug-likeness (QED) is 0.482. The average molecular weight is 502 g/mol. The van der Waals surface area contributed by atoms with Crippen LogP contribution in [-0.4, -0.2) is 71.8 Å². The molecule has 4 atom stereocenters. The lowest BCUT2D eigenvalue weighted by molar-refractivity contribution is -0.215. The normalized spacial score (nSPS) is 18.8. The smallest absolute Gasteiger partial charge is 0.416 e. The zero-order chi connectivity index (χ0) is 26.5. The third-order valence-corrected chi connectivity index (χ3v) is 6.11. The molecule has 3 N–H and O–H groups in total. The first-order valence-electron chi connectivity index (χ1n) is 11.6. The molecule has 3 amide bonds. The highest BCUT2D eigenvalue weighted by Gasteiger charge is 2.46. The molecule has 1 aromatic carbocycles. The van der Waals surface area contributed by atoms with Crippen LogP contribution < -0.4 is 15.4 Å². The van der Waals surface area contributed by atoms with Crippen molar-refractivity contribution in [3.63, 3.8) is 0 Å². The number of likely N-dealkylation sites (tertiary alicyclic amines) is 1. The number of halogens is 3. The van der Waals surface area contributed by atoms with Gasteiger partial charge in [-0.2, -0.15) is 13.2 Å². The van der Waals surface area contributed by atoms with E-state index in [2.05, 4.69) is 10.6 Å². The number of nitrogens with one attached hydrogen (secondary N) is 2. The Kier molecular flexibility index (Phi) is 9.53. The summed E-state index contributed by atoms with van der Waals surface area (Å²) in [4.78, 5) is 40.3. The maximum absolute atomic E-state index is 13.4. The summed E-state index contributed by atoms with van der Waals surface area (Å²) in [5.74, 6) is -2.18. The first-order chi connectivity index (χ1) is 16.3. The first kappa shape index (κ1) is 28.4. The van der Waals surface area contributed by atoms with Crippen LogP contribution in [0.1, 0.15) is 50.9 Å². The van der Waals surface area contributed by atoms with Crippen LogP contribution in [0.3, 0.4) is 0 Å². The molecule has 35 heavy (non-hydrogen) atoms. The molecule has 2 rings (SSSR count). The molecule has 0 spiro atoms. The molecule has 196 valence electrons. The second-order valence-corrected chi connectivity index (χ2v) is 9.38. The second kappa shape index (κ2) is 11.7. The minimum Gasteiger partial charge on any atom is -0.497 e. The number of carbonyl (C=O) groups excluding carboxylic acids is 3. The van der Waals surface area contributed by atoms with Crippen molar-refractivity contribution in [1.29, 1.82) is 0 Å². The number of hydrogen-bond donors (Lipinski definition) is 3. The average Bonchev–Trinajstić information content (AvgIpc) is 3.29. The Bertz CT molecular complexity index is 889. The Labute approximate surface area is 203 Å². The zero-order valence-electron chi connectivity index (χ0n) is 20.6. The molecule has 0 bridgehead atoms. The highest BCUT2D eigenvalue weighted by atomic mass is 19.4. The van der Waals surface area contributed by atoms with Crippen molar-refractivity contribution >= 4 is 17.7 Å². The standard InChI is InChI=1S/C24H34F3N3O5/c1-13(2)18(20(31)24(25,26)27)28-22(33)17-7-6-12-30(17)23(34)19(14(3)4)29-21(32)15-8-10-16(35-5)11-9-15/h8-11,13-14,17-20,31H,6-7,12H2,1-5H3,(H,28,33)(H,29,32)/t17?,18-,19?,20+/m0/s1. The van der Waals surface area contributed by atoms with E-state index in [4.69, 9.17) is 4.74 Å². The lowest BCUT2D eigenvalue weighted by Crippen LogP contribution is -2.59. The Morgan fingerprint density at radius 3 is 2.14 bits per heavy atom. The van der Waals surface area contributed by atoms with Crippen LogP contribution in [0.25, 0.3) is 0 Å². The van der Waals surface area contributed by atoms with E-state index in [1.54, 1.807) is 38.1 Å². The summed E-state index contributed by atoms with van der Waals surface area (Å²) < 4.78 is 44.3. The molecule has 1 aromatic rings. The van der Waals surface area contributed by atoms with Crippen LogP contribution in [-0.2, 0) is 9.59 Å². The fraction of sp³-hybridized carbons (Fsp3) is 0.625. The maximum Gasteiger partial charge on any atom is 0.416 e. The molecule has 0 aliphatic carbocycles. The fourth-order valence-corrected chi connectivity index (χ4v) is 4.04. The number of amides is 3. The van der Waals surface area contributed by atoms with Crippen LogP contribution in [0.4, 0.5) is 13.2 Å². The van der Waals surface area contributed by atoms with Crippen LogP contribution in [0.2, 0.25) is 0 Å². The van der Waals surface area contributed by atoms with Crippen molar-refractivity contribution in [2.24, 2.45) is 11.8 Å². The van der Waals surface area contributed by atoms with E-state index >= 15 is 0 Å². The van der Waals surface area contributed by atoms with Gasteiger partial charge in [-0.1, -0.05) is 27.7 Å². The molecule has 0 radical (unpaired) electrons. The van der Waals surface area contributed by atoms with Crippen molar-refractivity contribution in [3.05, 3.63) is 29.8 Å². The largest absolute Gasteiger partial charge is 0.497 e. The number of aliphatic hydroxyl groups excluding tert-OH is 1. The van der Waals surface area contributed by atoms with E-state index in [1.807, 2.05) is 0 Å². The van der Waals surface area contributed by atoms with Gasteiger partial charge in [-0.3, -0.25) is 14.4 Å². The van der Waals surface area contributed by atoms with Crippen LogP contribution in [0.15, 0.2) is 24.3 Å². The van der Waals surface area contributed by atoms with E-state index in [9.17, 15) is 32.7 Å². The minimum absolute atomic E-state index is 0.229. The number of benzene rings is 1. The number of hydrogen-bond acceptors (Lipinski definition) is 5. The Morgan fingerprint density at radius 1 is 1.06 bits per heavy atom. The number of rotatable bonds is 9.